The minimum absolute atomic E-state index is 1.15. The van der Waals surface area contributed by atoms with E-state index in [1.54, 1.807) is 13.4 Å². The van der Waals surface area contributed by atoms with Crippen LogP contribution in [0, 0.1) is 0 Å². The van der Waals surface area contributed by atoms with E-state index in [-0.39, 0.29) is 0 Å². The fraction of sp³-hybridized carbons (Fsp3) is 0.222. The number of fused-ring (bicyclic) bond motifs is 1. The van der Waals surface area contributed by atoms with Crippen molar-refractivity contribution in [3.63, 3.8) is 0 Å². The van der Waals surface area contributed by atoms with Crippen LogP contribution in [0.25, 0.3) is 10.7 Å². The van der Waals surface area contributed by atoms with Crippen LogP contribution in [-0.2, 0) is 0 Å². The van der Waals surface area contributed by atoms with Crippen molar-refractivity contribution >= 4 is 23.5 Å². The Hall–Kier alpha value is -1.25. The van der Waals surface area contributed by atoms with E-state index in [0.717, 1.165) is 10.7 Å². The second-order valence-corrected chi connectivity index (χ2v) is 3.08. The van der Waals surface area contributed by atoms with Crippen molar-refractivity contribution in [2.24, 2.45) is 0 Å². The van der Waals surface area contributed by atoms with Gasteiger partial charge in [0.15, 0.2) is 0 Å². The molecule has 0 saturated carbocycles. The molecule has 0 amide bonds. The molecular formula is C9H10BNO. The van der Waals surface area contributed by atoms with Crippen molar-refractivity contribution in [3.05, 3.63) is 24.5 Å². The monoisotopic (exact) mass is 159 g/mol. The second kappa shape index (κ2) is 2.66. The van der Waals surface area contributed by atoms with Crippen molar-refractivity contribution in [2.45, 2.75) is 0 Å². The molecule has 0 atom stereocenters. The minimum atomic E-state index is 1.15. The topological polar surface area (TPSA) is 16.4 Å². The van der Waals surface area contributed by atoms with Gasteiger partial charge in [-0.25, -0.2) is 0 Å². The molecular weight excluding hydrogens is 149 g/mol. The Labute approximate surface area is 72.0 Å². The molecule has 0 radical (unpaired) electrons. The predicted molar refractivity (Wildman–Crippen MR) is 51.9 cm³/mol. The molecule has 0 saturated heterocycles. The molecule has 0 aliphatic carbocycles. The first-order valence-corrected chi connectivity index (χ1v) is 3.90. The summed E-state index contributed by atoms with van der Waals surface area (Å²) in [6.07, 6.45) is 1.76. The van der Waals surface area contributed by atoms with E-state index in [2.05, 4.69) is 23.1 Å². The molecule has 12 heavy (non-hydrogen) atoms. The zero-order valence-electron chi connectivity index (χ0n) is 7.24. The van der Waals surface area contributed by atoms with E-state index in [4.69, 9.17) is 4.33 Å². The fourth-order valence-electron chi connectivity index (χ4n) is 1.23. The third-order valence-corrected chi connectivity index (χ3v) is 1.98. The number of anilines is 1. The summed E-state index contributed by atoms with van der Waals surface area (Å²) >= 11 is 0. The van der Waals surface area contributed by atoms with Gasteiger partial charge < -0.3 is 0 Å². The quantitative estimate of drug-likeness (QED) is 0.631. The van der Waals surface area contributed by atoms with Crippen LogP contribution < -0.4 is 4.90 Å². The van der Waals surface area contributed by atoms with Crippen LogP contribution in [0.5, 0.6) is 0 Å². The van der Waals surface area contributed by atoms with E-state index in [9.17, 15) is 0 Å². The standard InChI is InChI=1S/C9H10BNO/c1-11(2)8-4-3-7-6-12-10-9(7)5-8/h3-6H,1-2H3. The van der Waals surface area contributed by atoms with Crippen LogP contribution in [0.15, 0.2) is 28.8 Å². The van der Waals surface area contributed by atoms with Gasteiger partial charge in [-0.15, -0.1) is 0 Å². The molecule has 0 spiro atoms. The molecule has 0 aliphatic rings. The van der Waals surface area contributed by atoms with E-state index < -0.39 is 0 Å². The van der Waals surface area contributed by atoms with Crippen molar-refractivity contribution in [3.8, 4) is 0 Å². The van der Waals surface area contributed by atoms with E-state index in [1.165, 1.54) is 5.69 Å². The number of rotatable bonds is 1. The zero-order valence-corrected chi connectivity index (χ0v) is 7.24. The Morgan fingerprint density at radius 2 is 2.17 bits per heavy atom. The van der Waals surface area contributed by atoms with Gasteiger partial charge in [0.1, 0.15) is 0 Å². The first-order chi connectivity index (χ1) is 5.77. The van der Waals surface area contributed by atoms with Gasteiger partial charge in [-0.3, -0.25) is 0 Å². The van der Waals surface area contributed by atoms with Gasteiger partial charge in [-0.1, -0.05) is 0 Å². The van der Waals surface area contributed by atoms with Crippen molar-refractivity contribution < 1.29 is 4.33 Å². The molecule has 0 N–H and O–H groups in total. The first-order valence-electron chi connectivity index (χ1n) is 3.90. The summed E-state index contributed by atoms with van der Waals surface area (Å²) < 4.78 is 5.08. The van der Waals surface area contributed by atoms with Gasteiger partial charge >= 0.3 is 71.3 Å². The Bertz CT molecular complexity index is 394. The molecule has 1 aromatic carbocycles. The SMILES string of the molecule is CN(C)c1ccc2cobc2c1. The van der Waals surface area contributed by atoms with Crippen LogP contribution in [0.2, 0.25) is 0 Å². The maximum atomic E-state index is 5.08. The average Bonchev–Trinajstić information content (AvgIpc) is 2.49. The Morgan fingerprint density at radius 1 is 1.33 bits per heavy atom. The third-order valence-electron chi connectivity index (χ3n) is 1.98. The summed E-state index contributed by atoms with van der Waals surface area (Å²) in [4.78, 5) is 2.08. The number of benzene rings is 1. The van der Waals surface area contributed by atoms with Crippen LogP contribution in [0.4, 0.5) is 5.69 Å². The normalized spacial score (nSPS) is 10.2. The molecule has 0 bridgehead atoms. The summed E-state index contributed by atoms with van der Waals surface area (Å²) in [5.74, 6) is 0. The maximum absolute atomic E-state index is 5.08. The predicted octanol–water partition coefficient (Wildman–Crippen LogP) is 1.84. The number of nitrogens with zero attached hydrogens (tertiary/aromatic N) is 1. The number of hydrogen-bond acceptors (Lipinski definition) is 2. The molecule has 0 fully saturated rings. The average molecular weight is 159 g/mol. The summed E-state index contributed by atoms with van der Waals surface area (Å²) in [6, 6.07) is 6.25. The summed E-state index contributed by atoms with van der Waals surface area (Å²) in [5, 5.41) is 2.31. The van der Waals surface area contributed by atoms with Crippen molar-refractivity contribution in [1.29, 1.82) is 0 Å². The molecule has 0 aliphatic heterocycles. The van der Waals surface area contributed by atoms with Gasteiger partial charge in [0.2, 0.25) is 0 Å². The Balaban J connectivity index is 2.60. The molecule has 1 aromatic heterocycles. The Morgan fingerprint density at radius 3 is 2.92 bits per heavy atom. The molecule has 2 rings (SSSR count). The zero-order chi connectivity index (χ0) is 8.55. The summed E-state index contributed by atoms with van der Waals surface area (Å²) in [5.41, 5.74) is 1.20. The molecule has 1 heterocycles. The van der Waals surface area contributed by atoms with E-state index >= 15 is 0 Å². The number of hydrogen-bond donors (Lipinski definition) is 0. The van der Waals surface area contributed by atoms with Gasteiger partial charge in [0.05, 0.1) is 0 Å². The molecule has 3 heteroatoms. The van der Waals surface area contributed by atoms with Crippen molar-refractivity contribution in [2.75, 3.05) is 19.0 Å². The molecule has 0 unspecified atom stereocenters. The van der Waals surface area contributed by atoms with Crippen LogP contribution >= 0.6 is 0 Å². The van der Waals surface area contributed by atoms with Gasteiger partial charge in [0, 0.05) is 0 Å². The summed E-state index contributed by atoms with van der Waals surface area (Å²) in [7, 11) is 5.82. The summed E-state index contributed by atoms with van der Waals surface area (Å²) in [6.45, 7) is 0. The van der Waals surface area contributed by atoms with E-state index in [0.29, 0.717) is 0 Å². The van der Waals surface area contributed by atoms with Gasteiger partial charge in [-0.2, -0.15) is 0 Å². The molecule has 2 aromatic rings. The second-order valence-electron chi connectivity index (χ2n) is 3.08. The fourth-order valence-corrected chi connectivity index (χ4v) is 1.23. The molecule has 2 nitrogen and oxygen atoms in total. The van der Waals surface area contributed by atoms with E-state index in [1.807, 2.05) is 14.1 Å². The third kappa shape index (κ3) is 1.11. The van der Waals surface area contributed by atoms with Gasteiger partial charge in [-0.05, 0) is 0 Å². The van der Waals surface area contributed by atoms with Crippen LogP contribution in [0.1, 0.15) is 0 Å². The van der Waals surface area contributed by atoms with Crippen molar-refractivity contribution in [1.82, 2.24) is 0 Å². The van der Waals surface area contributed by atoms with Crippen LogP contribution in [-0.4, -0.2) is 21.2 Å². The molecule has 60 valence electrons. The van der Waals surface area contributed by atoms with Crippen LogP contribution in [0.3, 0.4) is 0 Å². The van der Waals surface area contributed by atoms with Gasteiger partial charge in [0.25, 0.3) is 0 Å². The Kier molecular flexibility index (Phi) is 1.64. The first kappa shape index (κ1) is 7.41.